The predicted molar refractivity (Wildman–Crippen MR) is 81.0 cm³/mol. The van der Waals surface area contributed by atoms with Crippen LogP contribution in [0.3, 0.4) is 0 Å². The van der Waals surface area contributed by atoms with Gasteiger partial charge in [-0.15, -0.1) is 0 Å². The first-order valence-corrected chi connectivity index (χ1v) is 9.11. The third-order valence-electron chi connectivity index (χ3n) is 3.49. The lowest BCUT2D eigenvalue weighted by Gasteiger charge is -2.36. The molecule has 5 nitrogen and oxygen atoms in total. The molecule has 0 fully saturated rings. The molecule has 0 aliphatic heterocycles. The van der Waals surface area contributed by atoms with Gasteiger partial charge in [0.25, 0.3) is 5.69 Å². The molecule has 0 aromatic heterocycles. The summed E-state index contributed by atoms with van der Waals surface area (Å²) >= 11 is 0. The van der Waals surface area contributed by atoms with Gasteiger partial charge in [-0.1, -0.05) is 26.8 Å². The first kappa shape index (κ1) is 11.4. The molecule has 1 rings (SSSR count). The van der Waals surface area contributed by atoms with E-state index in [1.807, 2.05) is 33.9 Å². The van der Waals surface area contributed by atoms with E-state index in [9.17, 15) is 15.2 Å². The Balaban J connectivity index is 3.43. The Labute approximate surface area is 126 Å². The highest BCUT2D eigenvalue weighted by Crippen LogP contribution is 2.37. The zero-order valence-corrected chi connectivity index (χ0v) is 13.4. The van der Waals surface area contributed by atoms with Crippen molar-refractivity contribution in [3.8, 4) is 0 Å². The fourth-order valence-electron chi connectivity index (χ4n) is 1.18. The fourth-order valence-corrected chi connectivity index (χ4v) is 1.86. The maximum Gasteiger partial charge on any atom is 0.270 e. The number of nitro groups is 1. The smallest absolute Gasteiger partial charge is 0.270 e. The maximum absolute atomic E-state index is 11.1. The lowest BCUT2D eigenvalue weighted by Crippen LogP contribution is -2.40. The summed E-state index contributed by atoms with van der Waals surface area (Å²) in [5.41, 5.74) is -1.10. The van der Waals surface area contributed by atoms with Crippen molar-refractivity contribution >= 4 is 14.0 Å². The minimum absolute atomic E-state index is 0.200. The van der Waals surface area contributed by atoms with Crippen LogP contribution in [0.5, 0.6) is 0 Å². The van der Waals surface area contributed by atoms with Gasteiger partial charge in [-0.3, -0.25) is 10.1 Å². The van der Waals surface area contributed by atoms with Gasteiger partial charge in [0.2, 0.25) is 0 Å². The predicted octanol–water partition coefficient (Wildman–Crippen LogP) is 3.61. The van der Waals surface area contributed by atoms with E-state index in [-0.39, 0.29) is 10.6 Å². The Kier molecular flexibility index (Phi) is 3.44. The largest absolute Gasteiger partial charge is 0.413 e. The standard InChI is InChI=1S/C14H23NO4Si/c1-14(2,3)20(4,5)19-10-12-6-11(9-16)7-13(8-12)15(17)18/h6-8,16H,9-10H2,1-5H3/i9D2,10D2. The van der Waals surface area contributed by atoms with Gasteiger partial charge >= 0.3 is 0 Å². The molecule has 0 amide bonds. The van der Waals surface area contributed by atoms with Crippen molar-refractivity contribution < 1.29 is 19.9 Å². The van der Waals surface area contributed by atoms with Crippen molar-refractivity contribution in [1.29, 1.82) is 0 Å². The Hall–Kier alpha value is -1.24. The van der Waals surface area contributed by atoms with Crippen molar-refractivity contribution in [2.24, 2.45) is 0 Å². The van der Waals surface area contributed by atoms with Gasteiger partial charge in [0, 0.05) is 12.1 Å². The zero-order valence-electron chi connectivity index (χ0n) is 16.4. The number of hydrogen-bond donors (Lipinski definition) is 1. The molecule has 0 heterocycles. The van der Waals surface area contributed by atoms with Crippen LogP contribution in [-0.2, 0) is 17.5 Å². The Morgan fingerprint density at radius 2 is 1.90 bits per heavy atom. The second-order valence-corrected chi connectivity index (χ2v) is 10.8. The summed E-state index contributed by atoms with van der Waals surface area (Å²) in [6.45, 7) is 4.30. The number of nitrogens with zero attached hydrogens (tertiary/aromatic N) is 1. The normalized spacial score (nSPS) is 16.9. The fraction of sp³-hybridized carbons (Fsp3) is 0.571. The third-order valence-corrected chi connectivity index (χ3v) is 7.71. The molecule has 0 bridgehead atoms. The number of aliphatic hydroxyl groups is 1. The quantitative estimate of drug-likeness (QED) is 0.512. The summed E-state index contributed by atoms with van der Waals surface area (Å²) in [6, 6.07) is 2.94. The molecular formula is C14H23NO4Si. The summed E-state index contributed by atoms with van der Waals surface area (Å²) in [7, 11) is -2.53. The molecule has 1 N–H and O–H groups in total. The first-order valence-electron chi connectivity index (χ1n) is 8.20. The molecule has 0 atom stereocenters. The van der Waals surface area contributed by atoms with E-state index in [0.29, 0.717) is 0 Å². The molecule has 0 spiro atoms. The summed E-state index contributed by atoms with van der Waals surface area (Å²) in [4.78, 5) is 10.3. The van der Waals surface area contributed by atoms with Crippen molar-refractivity contribution in [2.75, 3.05) is 0 Å². The number of nitro benzene ring substituents is 1. The molecular weight excluding hydrogens is 274 g/mol. The highest BCUT2D eigenvalue weighted by Gasteiger charge is 2.37. The molecule has 0 aliphatic carbocycles. The van der Waals surface area contributed by atoms with Gasteiger partial charge in [-0.05, 0) is 29.3 Å². The maximum atomic E-state index is 11.1. The van der Waals surface area contributed by atoms with Crippen LogP contribution in [0.25, 0.3) is 0 Å². The van der Waals surface area contributed by atoms with Gasteiger partial charge in [0.05, 0.1) is 23.5 Å². The molecule has 1 aromatic rings. The van der Waals surface area contributed by atoms with E-state index in [2.05, 4.69) is 0 Å². The van der Waals surface area contributed by atoms with Crippen LogP contribution in [0.1, 0.15) is 37.4 Å². The van der Waals surface area contributed by atoms with Crippen LogP contribution in [0.15, 0.2) is 18.2 Å². The Morgan fingerprint density at radius 3 is 2.35 bits per heavy atom. The van der Waals surface area contributed by atoms with Crippen molar-refractivity contribution in [1.82, 2.24) is 0 Å². The molecule has 6 heteroatoms. The van der Waals surface area contributed by atoms with Gasteiger partial charge in [0.15, 0.2) is 8.32 Å². The minimum atomic E-state index is -2.83. The summed E-state index contributed by atoms with van der Waals surface area (Å²) < 4.78 is 36.8. The first-order chi connectivity index (χ1) is 10.5. The van der Waals surface area contributed by atoms with Crippen molar-refractivity contribution in [2.45, 2.75) is 52.0 Å². The number of hydrogen-bond acceptors (Lipinski definition) is 4. The molecule has 0 saturated heterocycles. The molecule has 0 unspecified atom stereocenters. The molecule has 0 saturated carbocycles. The second kappa shape index (κ2) is 6.03. The summed E-state index contributed by atoms with van der Waals surface area (Å²) in [5.74, 6) is 0. The van der Waals surface area contributed by atoms with Crippen molar-refractivity contribution in [3.63, 3.8) is 0 Å². The lowest BCUT2D eigenvalue weighted by atomic mass is 10.1. The van der Waals surface area contributed by atoms with Crippen LogP contribution in [0.4, 0.5) is 5.69 Å². The molecule has 0 radical (unpaired) electrons. The highest BCUT2D eigenvalue weighted by atomic mass is 28.4. The third kappa shape index (κ3) is 4.13. The molecule has 0 aliphatic rings. The zero-order chi connectivity index (χ0) is 19.1. The van der Waals surface area contributed by atoms with Crippen LogP contribution < -0.4 is 0 Å². The highest BCUT2D eigenvalue weighted by molar-refractivity contribution is 6.74. The summed E-state index contributed by atoms with van der Waals surface area (Å²) in [6.07, 6.45) is 0. The topological polar surface area (TPSA) is 72.6 Å². The van der Waals surface area contributed by atoms with Crippen LogP contribution in [0.2, 0.25) is 18.1 Å². The van der Waals surface area contributed by atoms with E-state index in [1.165, 1.54) is 0 Å². The van der Waals surface area contributed by atoms with Gasteiger partial charge in [-0.25, -0.2) is 0 Å². The molecule has 20 heavy (non-hydrogen) atoms. The van der Waals surface area contributed by atoms with Gasteiger partial charge in [-0.2, -0.15) is 0 Å². The Morgan fingerprint density at radius 1 is 1.35 bits per heavy atom. The Bertz CT molecular complexity index is 639. The lowest BCUT2D eigenvalue weighted by molar-refractivity contribution is -0.385. The number of benzene rings is 1. The minimum Gasteiger partial charge on any atom is -0.413 e. The van der Waals surface area contributed by atoms with Crippen LogP contribution in [0, 0.1) is 10.1 Å². The average molecular weight is 301 g/mol. The molecule has 112 valence electrons. The average Bonchev–Trinajstić information content (AvgIpc) is 2.34. The van der Waals surface area contributed by atoms with E-state index in [1.54, 1.807) is 0 Å². The van der Waals surface area contributed by atoms with Gasteiger partial charge in [0.1, 0.15) is 0 Å². The van der Waals surface area contributed by atoms with Crippen LogP contribution >= 0.6 is 0 Å². The van der Waals surface area contributed by atoms with Gasteiger partial charge < -0.3 is 9.53 Å². The summed E-state index contributed by atoms with van der Waals surface area (Å²) in [5, 5.41) is 20.3. The second-order valence-electron chi connectivity index (χ2n) is 6.10. The van der Waals surface area contributed by atoms with E-state index < -0.39 is 37.6 Å². The van der Waals surface area contributed by atoms with Crippen LogP contribution in [-0.4, -0.2) is 18.3 Å². The van der Waals surface area contributed by atoms with E-state index >= 15 is 0 Å². The number of rotatable bonds is 5. The van der Waals surface area contributed by atoms with E-state index in [0.717, 1.165) is 18.2 Å². The van der Waals surface area contributed by atoms with E-state index in [4.69, 9.17) is 9.91 Å². The SMILES string of the molecule is [2H]C([2H])(O)c1cc([N+](=O)[O-])cc(C([2H])([2H])O[Si](C)(C)C(C)(C)C)c1. The number of non-ortho nitro benzene ring substituents is 1. The van der Waals surface area contributed by atoms with Crippen molar-refractivity contribution in [3.05, 3.63) is 39.4 Å². The monoisotopic (exact) mass is 301 g/mol. The molecule has 1 aromatic carbocycles.